The average molecular weight is 755 g/mol. The highest BCUT2D eigenvalue weighted by atomic mass is 16.7. The van der Waals surface area contributed by atoms with Gasteiger partial charge < -0.3 is 54.7 Å². The van der Waals surface area contributed by atoms with E-state index in [2.05, 4.69) is 5.32 Å². The third-order valence-corrected chi connectivity index (χ3v) is 10.6. The number of allylic oxidation sites excluding steroid dienone is 2. The van der Waals surface area contributed by atoms with E-state index >= 15 is 0 Å². The molecule has 0 saturated heterocycles. The minimum atomic E-state index is -2.01. The number of ether oxygens (including phenoxy) is 4. The number of aliphatic hydroxyl groups is 2. The number of ketones is 1. The second kappa shape index (κ2) is 16.4. The Morgan fingerprint density at radius 1 is 0.944 bits per heavy atom. The van der Waals surface area contributed by atoms with Crippen molar-refractivity contribution in [2.24, 2.45) is 23.7 Å². The van der Waals surface area contributed by atoms with E-state index in [0.29, 0.717) is 0 Å². The minimum absolute atomic E-state index is 0.00552. The van der Waals surface area contributed by atoms with Crippen LogP contribution in [0.2, 0.25) is 0 Å². The first-order valence-corrected chi connectivity index (χ1v) is 17.9. The second-order valence-corrected chi connectivity index (χ2v) is 14.9. The largest absolute Gasteiger partial charge is 0.507 e. The zero-order chi connectivity index (χ0) is 40.6. The molecule has 0 radical (unpaired) electrons. The fourth-order valence-corrected chi connectivity index (χ4v) is 7.26. The molecule has 6 N–H and O–H groups in total. The van der Waals surface area contributed by atoms with Gasteiger partial charge in [0.1, 0.15) is 23.4 Å². The summed E-state index contributed by atoms with van der Waals surface area (Å²) in [5, 5.41) is 59.9. The van der Waals surface area contributed by atoms with E-state index in [4.69, 9.17) is 18.9 Å². The Hall–Kier alpha value is -4.63. The van der Waals surface area contributed by atoms with Crippen molar-refractivity contribution in [3.05, 3.63) is 52.8 Å². The highest BCUT2D eigenvalue weighted by molar-refractivity contribution is 6.22. The van der Waals surface area contributed by atoms with E-state index in [0.717, 1.165) is 0 Å². The predicted molar refractivity (Wildman–Crippen MR) is 201 cm³/mol. The topological polar surface area (TPSA) is 205 Å². The van der Waals surface area contributed by atoms with Crippen LogP contribution in [0.25, 0.3) is 10.8 Å². The quantitative estimate of drug-likeness (QED) is 0.141. The van der Waals surface area contributed by atoms with Crippen molar-refractivity contribution in [1.82, 2.24) is 4.90 Å². The molecule has 3 aliphatic heterocycles. The number of phenolic OH excluding ortho intramolecular Hbond substituents is 3. The van der Waals surface area contributed by atoms with E-state index in [9.17, 15) is 39.9 Å². The van der Waals surface area contributed by atoms with Crippen LogP contribution in [0.1, 0.15) is 70.0 Å². The molecular formula is C40H54N2O12. The predicted octanol–water partition coefficient (Wildman–Crippen LogP) is 4.82. The van der Waals surface area contributed by atoms with Crippen LogP contribution in [0.3, 0.4) is 0 Å². The van der Waals surface area contributed by atoms with E-state index in [-0.39, 0.29) is 51.0 Å². The molecule has 14 nitrogen and oxygen atoms in total. The summed E-state index contributed by atoms with van der Waals surface area (Å²) in [6, 6.07) is 0. The highest BCUT2D eigenvalue weighted by Crippen LogP contribution is 2.55. The van der Waals surface area contributed by atoms with Gasteiger partial charge in [-0.1, -0.05) is 45.9 Å². The van der Waals surface area contributed by atoms with Crippen molar-refractivity contribution >= 4 is 34.1 Å². The van der Waals surface area contributed by atoms with Crippen molar-refractivity contribution in [3.8, 4) is 23.0 Å². The molecule has 3 heterocycles. The second-order valence-electron chi connectivity index (χ2n) is 14.9. The third kappa shape index (κ3) is 7.92. The number of methoxy groups -OCH3 is 1. The standard InChI is InChI=1S/C40H54N2O12/c1-18-13-12-14-19(2)39(50)41-30-25(17-42(9)10)34(47)27-28(35(30)48)33(46)23(6)37-29(27)38(49)40(8,54-37)52-16-15-26(51-11)20(3)36(53-24(7)43)22(5)32(45)21(4)31(18)44/h12-16,18,20-22,26,31-32,36,44-48H,17H2,1-11H3,(H,41,50)/b13-12+,16-15+,19-14-. The van der Waals surface area contributed by atoms with Gasteiger partial charge in [0.05, 0.1) is 41.2 Å². The number of benzene rings is 2. The van der Waals surface area contributed by atoms with Crippen molar-refractivity contribution < 1.29 is 58.9 Å². The molecule has 5 rings (SSSR count). The van der Waals surface area contributed by atoms with Crippen LogP contribution in [0.15, 0.2) is 36.1 Å². The van der Waals surface area contributed by atoms with Crippen molar-refractivity contribution in [2.75, 3.05) is 26.5 Å². The molecular weight excluding hydrogens is 700 g/mol. The van der Waals surface area contributed by atoms with Crippen LogP contribution in [0.4, 0.5) is 5.69 Å². The number of carbonyl (C=O) groups excluding carboxylic acids is 3. The number of rotatable bonds is 4. The lowest BCUT2D eigenvalue weighted by atomic mass is 9.78. The van der Waals surface area contributed by atoms with Gasteiger partial charge in [0, 0.05) is 73.3 Å². The summed E-state index contributed by atoms with van der Waals surface area (Å²) >= 11 is 0. The van der Waals surface area contributed by atoms with E-state index in [1.807, 2.05) is 0 Å². The molecule has 2 aromatic carbocycles. The van der Waals surface area contributed by atoms with Crippen LogP contribution in [-0.4, -0.2) is 99.5 Å². The number of hydrogen-bond donors (Lipinski definition) is 6. The van der Waals surface area contributed by atoms with E-state index in [1.165, 1.54) is 53.2 Å². The molecule has 54 heavy (non-hydrogen) atoms. The van der Waals surface area contributed by atoms with Gasteiger partial charge >= 0.3 is 11.8 Å². The summed E-state index contributed by atoms with van der Waals surface area (Å²) in [4.78, 5) is 41.7. The first-order valence-electron chi connectivity index (χ1n) is 17.9. The maximum absolute atomic E-state index is 14.2. The number of aromatic hydroxyl groups is 3. The Morgan fingerprint density at radius 2 is 1.59 bits per heavy atom. The number of anilines is 1. The molecule has 0 aliphatic carbocycles. The zero-order valence-electron chi connectivity index (χ0n) is 32.8. The molecule has 1 amide bonds. The number of fused-ring (bicyclic) bond motifs is 14. The maximum Gasteiger partial charge on any atom is 0.312 e. The molecule has 0 spiro atoms. The monoisotopic (exact) mass is 754 g/mol. The van der Waals surface area contributed by atoms with Crippen LogP contribution in [-0.2, 0) is 30.3 Å². The van der Waals surface area contributed by atoms with Gasteiger partial charge in [-0.05, 0) is 34.0 Å². The van der Waals surface area contributed by atoms with E-state index in [1.54, 1.807) is 58.8 Å². The van der Waals surface area contributed by atoms with Gasteiger partial charge in [0.15, 0.2) is 5.75 Å². The Labute approximate surface area is 315 Å². The summed E-state index contributed by atoms with van der Waals surface area (Å²) in [5.74, 6) is -7.98. The lowest BCUT2D eigenvalue weighted by Crippen LogP contribution is -2.46. The normalized spacial score (nSPS) is 31.8. The molecule has 2 aromatic rings. The highest BCUT2D eigenvalue weighted by Gasteiger charge is 2.50. The molecule has 3 aliphatic rings. The Morgan fingerprint density at radius 3 is 2.19 bits per heavy atom. The van der Waals surface area contributed by atoms with Gasteiger partial charge in [0.25, 0.3) is 11.7 Å². The van der Waals surface area contributed by atoms with Crippen LogP contribution < -0.4 is 10.1 Å². The Bertz CT molecular complexity index is 1880. The molecule has 5 bridgehead atoms. The SMILES string of the molecule is COC1/C=C/OC2(C)Oc3c(C)c(O)c4c(O)c(c(CN(C)C)c(O)c4c3C2=O)NC(=O)/C(C)=C\C=C\C(C)C(O)C(C)C(O)C(C)C(OC(C)=O)C1C. The van der Waals surface area contributed by atoms with Gasteiger partial charge in [-0.3, -0.25) is 14.4 Å². The number of esters is 1. The number of Topliss-reactive ketones (excluding diaryl/α,β-unsaturated/α-hetero) is 1. The fraction of sp³-hybridized carbons (Fsp3) is 0.525. The molecule has 9 atom stereocenters. The first-order chi connectivity index (χ1) is 25.2. The van der Waals surface area contributed by atoms with Crippen LogP contribution in [0.5, 0.6) is 23.0 Å². The molecule has 0 fully saturated rings. The summed E-state index contributed by atoms with van der Waals surface area (Å²) in [5.41, 5.74) is 0.0370. The van der Waals surface area contributed by atoms with E-state index < -0.39 is 88.8 Å². The number of phenols is 3. The van der Waals surface area contributed by atoms with Gasteiger partial charge in [0.2, 0.25) is 0 Å². The van der Waals surface area contributed by atoms with Crippen molar-refractivity contribution in [3.63, 3.8) is 0 Å². The van der Waals surface area contributed by atoms with Gasteiger partial charge in [-0.2, -0.15) is 0 Å². The van der Waals surface area contributed by atoms with Crippen molar-refractivity contribution in [2.45, 2.75) is 92.1 Å². The summed E-state index contributed by atoms with van der Waals surface area (Å²) in [7, 11) is 4.86. The molecule has 14 heteroatoms. The minimum Gasteiger partial charge on any atom is -0.507 e. The maximum atomic E-state index is 14.2. The number of hydrogen-bond acceptors (Lipinski definition) is 13. The van der Waals surface area contributed by atoms with Crippen LogP contribution >= 0.6 is 0 Å². The van der Waals surface area contributed by atoms with Gasteiger partial charge in [-0.15, -0.1) is 0 Å². The summed E-state index contributed by atoms with van der Waals surface area (Å²) in [6.07, 6.45) is 3.65. The molecule has 0 saturated carbocycles. The Balaban J connectivity index is 1.96. The molecule has 9 unspecified atom stereocenters. The molecule has 0 aromatic heterocycles. The lowest BCUT2D eigenvalue weighted by Gasteiger charge is -2.38. The summed E-state index contributed by atoms with van der Waals surface area (Å²) < 4.78 is 23.5. The third-order valence-electron chi connectivity index (χ3n) is 10.6. The fourth-order valence-electron chi connectivity index (χ4n) is 7.26. The van der Waals surface area contributed by atoms with Crippen molar-refractivity contribution in [1.29, 1.82) is 0 Å². The summed E-state index contributed by atoms with van der Waals surface area (Å²) in [6.45, 7) is 12.6. The first kappa shape index (κ1) is 42.1. The Kier molecular flexibility index (Phi) is 12.8. The lowest BCUT2D eigenvalue weighted by molar-refractivity contribution is -0.160. The molecule has 296 valence electrons. The van der Waals surface area contributed by atoms with Gasteiger partial charge in [-0.25, -0.2) is 0 Å². The number of aliphatic hydroxyl groups excluding tert-OH is 2. The number of carbonyl (C=O) groups is 3. The number of nitrogens with one attached hydrogen (secondary N) is 1. The number of amides is 1. The zero-order valence-corrected chi connectivity index (χ0v) is 32.8. The average Bonchev–Trinajstić information content (AvgIpc) is 3.38. The smallest absolute Gasteiger partial charge is 0.312 e. The number of nitrogens with zero attached hydrogens (tertiary/aromatic N) is 1. The van der Waals surface area contributed by atoms with Crippen LogP contribution in [0, 0.1) is 30.6 Å².